The normalized spacial score (nSPS) is 15.1. The van der Waals surface area contributed by atoms with Gasteiger partial charge < -0.3 is 15.0 Å². The highest BCUT2D eigenvalue weighted by molar-refractivity contribution is 6.01. The fourth-order valence-corrected chi connectivity index (χ4v) is 3.45. The molecule has 1 heterocycles. The molecule has 146 valence electrons. The summed E-state index contributed by atoms with van der Waals surface area (Å²) in [7, 11) is 1.29. The number of carbonyl (C=O) groups excluding carboxylic acids is 3. The molecule has 0 saturated heterocycles. The maximum atomic E-state index is 13.2. The molecule has 2 aromatic rings. The van der Waals surface area contributed by atoms with Crippen LogP contribution in [0.3, 0.4) is 0 Å². The van der Waals surface area contributed by atoms with Gasteiger partial charge in [0, 0.05) is 12.1 Å². The lowest BCUT2D eigenvalue weighted by Crippen LogP contribution is -2.50. The Morgan fingerprint density at radius 3 is 2.29 bits per heavy atom. The molecular formula is C22H24N2O4. The van der Waals surface area contributed by atoms with E-state index >= 15 is 0 Å². The van der Waals surface area contributed by atoms with E-state index in [9.17, 15) is 14.4 Å². The number of hydrogen-bond acceptors (Lipinski definition) is 4. The molecule has 0 spiro atoms. The van der Waals surface area contributed by atoms with Gasteiger partial charge in [0.05, 0.1) is 7.11 Å². The fraction of sp³-hybridized carbons (Fsp3) is 0.318. The maximum absolute atomic E-state index is 13.2. The Labute approximate surface area is 164 Å². The van der Waals surface area contributed by atoms with Gasteiger partial charge in [-0.05, 0) is 23.1 Å². The van der Waals surface area contributed by atoms with E-state index in [4.69, 9.17) is 4.74 Å². The second-order valence-electron chi connectivity index (χ2n) is 7.16. The van der Waals surface area contributed by atoms with Crippen molar-refractivity contribution in [2.45, 2.75) is 32.5 Å². The first kappa shape index (κ1) is 19.6. The molecule has 6 nitrogen and oxygen atoms in total. The second-order valence-corrected chi connectivity index (χ2v) is 7.16. The Bertz CT molecular complexity index is 879. The molecule has 2 atom stereocenters. The highest BCUT2D eigenvalue weighted by atomic mass is 16.5. The van der Waals surface area contributed by atoms with Gasteiger partial charge in [-0.2, -0.15) is 0 Å². The standard InChI is InChI=1S/C22H24N2O4/c1-14(2)18(22(27)28-3)23-20(25)19(15-9-5-4-6-10-15)24-13-16-11-7-8-12-17(16)21(24)26/h4-12,14,18-19H,13H2,1-3H3,(H,23,25)/t18-,19-/m1/s1. The number of amides is 2. The van der Waals surface area contributed by atoms with Gasteiger partial charge in [0.2, 0.25) is 5.91 Å². The van der Waals surface area contributed by atoms with Crippen molar-refractivity contribution in [1.29, 1.82) is 0 Å². The van der Waals surface area contributed by atoms with Crippen molar-refractivity contribution in [2.24, 2.45) is 5.92 Å². The average molecular weight is 380 g/mol. The summed E-state index contributed by atoms with van der Waals surface area (Å²) in [5.41, 5.74) is 2.17. The molecule has 2 amide bonds. The van der Waals surface area contributed by atoms with E-state index in [0.717, 1.165) is 5.56 Å². The Kier molecular flexibility index (Phi) is 5.78. The van der Waals surface area contributed by atoms with Gasteiger partial charge in [0.1, 0.15) is 12.1 Å². The predicted molar refractivity (Wildman–Crippen MR) is 104 cm³/mol. The third kappa shape index (κ3) is 3.76. The zero-order valence-electron chi connectivity index (χ0n) is 16.2. The van der Waals surface area contributed by atoms with E-state index in [1.807, 2.05) is 62.4 Å². The first-order valence-corrected chi connectivity index (χ1v) is 9.26. The van der Waals surface area contributed by atoms with Gasteiger partial charge in [-0.15, -0.1) is 0 Å². The van der Waals surface area contributed by atoms with Crippen molar-refractivity contribution in [1.82, 2.24) is 10.2 Å². The molecule has 0 bridgehead atoms. The van der Waals surface area contributed by atoms with Crippen molar-refractivity contribution < 1.29 is 19.1 Å². The lowest BCUT2D eigenvalue weighted by atomic mass is 10.0. The van der Waals surface area contributed by atoms with Crippen molar-refractivity contribution in [2.75, 3.05) is 7.11 Å². The minimum Gasteiger partial charge on any atom is -0.467 e. The molecule has 1 N–H and O–H groups in total. The van der Waals surface area contributed by atoms with Crippen LogP contribution in [0.25, 0.3) is 0 Å². The van der Waals surface area contributed by atoms with E-state index in [-0.39, 0.29) is 11.8 Å². The van der Waals surface area contributed by atoms with E-state index in [1.165, 1.54) is 7.11 Å². The van der Waals surface area contributed by atoms with Gasteiger partial charge in [-0.25, -0.2) is 4.79 Å². The van der Waals surface area contributed by atoms with Gasteiger partial charge in [-0.3, -0.25) is 9.59 Å². The molecule has 0 aromatic heterocycles. The first-order valence-electron chi connectivity index (χ1n) is 9.26. The van der Waals surface area contributed by atoms with Gasteiger partial charge in [-0.1, -0.05) is 62.4 Å². The summed E-state index contributed by atoms with van der Waals surface area (Å²) in [6, 6.07) is 14.8. The molecular weight excluding hydrogens is 356 g/mol. The molecule has 0 unspecified atom stereocenters. The van der Waals surface area contributed by atoms with Crippen LogP contribution in [0.5, 0.6) is 0 Å². The molecule has 2 aromatic carbocycles. The van der Waals surface area contributed by atoms with Crippen LogP contribution in [-0.4, -0.2) is 35.8 Å². The zero-order chi connectivity index (χ0) is 20.3. The first-order chi connectivity index (χ1) is 13.4. The summed E-state index contributed by atoms with van der Waals surface area (Å²) in [5, 5.41) is 2.78. The molecule has 0 aliphatic carbocycles. The van der Waals surface area contributed by atoms with Crippen molar-refractivity contribution in [3.05, 3.63) is 71.3 Å². The van der Waals surface area contributed by atoms with Crippen LogP contribution in [0.2, 0.25) is 0 Å². The summed E-state index contributed by atoms with van der Waals surface area (Å²) < 4.78 is 4.82. The number of nitrogens with one attached hydrogen (secondary N) is 1. The molecule has 6 heteroatoms. The number of carbonyl (C=O) groups is 3. The van der Waals surface area contributed by atoms with Crippen molar-refractivity contribution in [3.8, 4) is 0 Å². The summed E-state index contributed by atoms with van der Waals surface area (Å²) >= 11 is 0. The van der Waals surface area contributed by atoms with Crippen LogP contribution in [0.15, 0.2) is 54.6 Å². The molecule has 1 aliphatic heterocycles. The van der Waals surface area contributed by atoms with E-state index < -0.39 is 24.0 Å². The van der Waals surface area contributed by atoms with Crippen molar-refractivity contribution >= 4 is 17.8 Å². The topological polar surface area (TPSA) is 75.7 Å². The summed E-state index contributed by atoms with van der Waals surface area (Å²) in [6.07, 6.45) is 0. The zero-order valence-corrected chi connectivity index (χ0v) is 16.2. The highest BCUT2D eigenvalue weighted by Gasteiger charge is 2.38. The average Bonchev–Trinajstić information content (AvgIpc) is 3.03. The number of ether oxygens (including phenoxy) is 1. The van der Waals surface area contributed by atoms with Crippen LogP contribution in [-0.2, 0) is 20.9 Å². The number of fused-ring (bicyclic) bond motifs is 1. The minimum atomic E-state index is -0.841. The maximum Gasteiger partial charge on any atom is 0.328 e. The number of methoxy groups -OCH3 is 1. The molecule has 0 saturated carbocycles. The molecule has 28 heavy (non-hydrogen) atoms. The van der Waals surface area contributed by atoms with Crippen LogP contribution < -0.4 is 5.32 Å². The number of benzene rings is 2. The molecule has 0 fully saturated rings. The monoisotopic (exact) mass is 380 g/mol. The fourth-order valence-electron chi connectivity index (χ4n) is 3.45. The van der Waals surface area contributed by atoms with Crippen LogP contribution >= 0.6 is 0 Å². The third-order valence-corrected chi connectivity index (χ3v) is 4.94. The van der Waals surface area contributed by atoms with Gasteiger partial charge in [0.15, 0.2) is 0 Å². The number of rotatable bonds is 6. The molecule has 3 rings (SSSR count). The van der Waals surface area contributed by atoms with Crippen LogP contribution in [0.1, 0.15) is 41.4 Å². The van der Waals surface area contributed by atoms with Crippen molar-refractivity contribution in [3.63, 3.8) is 0 Å². The highest BCUT2D eigenvalue weighted by Crippen LogP contribution is 2.31. The van der Waals surface area contributed by atoms with Crippen LogP contribution in [0, 0.1) is 5.92 Å². The van der Waals surface area contributed by atoms with E-state index in [0.29, 0.717) is 17.7 Å². The molecule has 1 aliphatic rings. The summed E-state index contributed by atoms with van der Waals surface area (Å²) in [4.78, 5) is 39.9. The second kappa shape index (κ2) is 8.25. The third-order valence-electron chi connectivity index (χ3n) is 4.94. The Morgan fingerprint density at radius 2 is 1.68 bits per heavy atom. The Morgan fingerprint density at radius 1 is 1.04 bits per heavy atom. The van der Waals surface area contributed by atoms with Crippen LogP contribution in [0.4, 0.5) is 0 Å². The lowest BCUT2D eigenvalue weighted by molar-refractivity contribution is -0.147. The van der Waals surface area contributed by atoms with E-state index in [2.05, 4.69) is 5.32 Å². The molecule has 0 radical (unpaired) electrons. The number of hydrogen-bond donors (Lipinski definition) is 1. The number of esters is 1. The largest absolute Gasteiger partial charge is 0.467 e. The summed E-state index contributed by atoms with van der Waals surface area (Å²) in [5.74, 6) is -1.26. The Balaban J connectivity index is 1.94. The smallest absolute Gasteiger partial charge is 0.328 e. The van der Waals surface area contributed by atoms with E-state index in [1.54, 1.807) is 11.0 Å². The summed E-state index contributed by atoms with van der Waals surface area (Å²) in [6.45, 7) is 4.00. The lowest BCUT2D eigenvalue weighted by Gasteiger charge is -2.29. The predicted octanol–water partition coefficient (Wildman–Crippen LogP) is 2.70. The van der Waals surface area contributed by atoms with Gasteiger partial charge >= 0.3 is 5.97 Å². The number of nitrogens with zero attached hydrogens (tertiary/aromatic N) is 1. The SMILES string of the molecule is COC(=O)[C@H](NC(=O)[C@@H](c1ccccc1)N1Cc2ccccc2C1=O)C(C)C. The Hall–Kier alpha value is -3.15. The quantitative estimate of drug-likeness (QED) is 0.782. The minimum absolute atomic E-state index is 0.153. The van der Waals surface area contributed by atoms with Gasteiger partial charge in [0.25, 0.3) is 5.91 Å².